The second-order valence-electron chi connectivity index (χ2n) is 8.80. The van der Waals surface area contributed by atoms with Gasteiger partial charge in [0.25, 0.3) is 0 Å². The van der Waals surface area contributed by atoms with Crippen molar-refractivity contribution in [2.45, 2.75) is 36.9 Å². The van der Waals surface area contributed by atoms with Crippen LogP contribution in [0.25, 0.3) is 0 Å². The number of hydrogen-bond donors (Lipinski definition) is 1. The maximum atomic E-state index is 12.5. The highest BCUT2D eigenvalue weighted by molar-refractivity contribution is 7.99. The molecule has 1 aliphatic heterocycles. The van der Waals surface area contributed by atoms with Crippen LogP contribution in [-0.4, -0.2) is 63.3 Å². The van der Waals surface area contributed by atoms with E-state index in [2.05, 4.69) is 34.5 Å². The predicted octanol–water partition coefficient (Wildman–Crippen LogP) is 3.79. The molecule has 0 unspecified atom stereocenters. The number of carbonyl (C=O) groups is 1. The van der Waals surface area contributed by atoms with Crippen molar-refractivity contribution in [3.8, 4) is 11.5 Å². The summed E-state index contributed by atoms with van der Waals surface area (Å²) in [5.41, 5.74) is 3.49. The van der Waals surface area contributed by atoms with Gasteiger partial charge in [0.2, 0.25) is 5.91 Å². The molecule has 2 aliphatic rings. The fourth-order valence-electron chi connectivity index (χ4n) is 5.69. The molecule has 178 valence electrons. The predicted molar refractivity (Wildman–Crippen MR) is 132 cm³/mol. The van der Waals surface area contributed by atoms with Gasteiger partial charge in [-0.25, -0.2) is 0 Å². The zero-order chi connectivity index (χ0) is 23.4. The average molecular weight is 471 g/mol. The number of likely N-dealkylation sites (tertiary alicyclic amines) is 1. The summed E-state index contributed by atoms with van der Waals surface area (Å²) in [5.74, 6) is 2.22. The molecule has 6 nitrogen and oxygen atoms in total. The highest BCUT2D eigenvalue weighted by Crippen LogP contribution is 2.52. The third kappa shape index (κ3) is 4.46. The molecule has 7 heteroatoms. The molecule has 0 bridgehead atoms. The molecular formula is C26H34N2O4S. The van der Waals surface area contributed by atoms with Crippen LogP contribution in [-0.2, 0) is 21.5 Å². The molecule has 2 aromatic rings. The van der Waals surface area contributed by atoms with Crippen molar-refractivity contribution in [2.75, 3.05) is 46.4 Å². The number of piperidine rings is 1. The SMILES string of the molecule is COc1cccc(OC)c1CN1CCC2(CC1)c1ccccc1[C@@H](NC(=O)CSC)[C@@H]2OC. The van der Waals surface area contributed by atoms with Crippen LogP contribution in [0.2, 0.25) is 0 Å². The van der Waals surface area contributed by atoms with Crippen molar-refractivity contribution < 1.29 is 19.0 Å². The van der Waals surface area contributed by atoms with Crippen molar-refractivity contribution in [2.24, 2.45) is 0 Å². The van der Waals surface area contributed by atoms with E-state index in [-0.39, 0.29) is 23.5 Å². The molecule has 1 N–H and O–H groups in total. The summed E-state index contributed by atoms with van der Waals surface area (Å²) < 4.78 is 17.3. The van der Waals surface area contributed by atoms with Crippen molar-refractivity contribution in [1.29, 1.82) is 0 Å². The molecule has 33 heavy (non-hydrogen) atoms. The van der Waals surface area contributed by atoms with Crippen LogP contribution in [0.5, 0.6) is 11.5 Å². The van der Waals surface area contributed by atoms with E-state index in [1.807, 2.05) is 24.5 Å². The maximum absolute atomic E-state index is 12.5. The molecule has 1 spiro atoms. The summed E-state index contributed by atoms with van der Waals surface area (Å²) >= 11 is 1.54. The summed E-state index contributed by atoms with van der Waals surface area (Å²) in [5, 5.41) is 3.26. The molecule has 1 heterocycles. The maximum Gasteiger partial charge on any atom is 0.230 e. The van der Waals surface area contributed by atoms with Gasteiger partial charge in [-0.15, -0.1) is 0 Å². The van der Waals surface area contributed by atoms with E-state index in [0.717, 1.165) is 49.5 Å². The van der Waals surface area contributed by atoms with Gasteiger partial charge in [0.05, 0.1) is 37.7 Å². The number of rotatable bonds is 8. The minimum Gasteiger partial charge on any atom is -0.496 e. The fraction of sp³-hybridized carbons (Fsp3) is 0.500. The first-order chi connectivity index (χ1) is 16.1. The van der Waals surface area contributed by atoms with E-state index in [1.165, 1.54) is 22.9 Å². The molecule has 1 fully saturated rings. The van der Waals surface area contributed by atoms with Gasteiger partial charge in [0.15, 0.2) is 0 Å². The third-order valence-electron chi connectivity index (χ3n) is 7.19. The zero-order valence-electron chi connectivity index (χ0n) is 19.9. The van der Waals surface area contributed by atoms with Crippen molar-refractivity contribution >= 4 is 17.7 Å². The lowest BCUT2D eigenvalue weighted by atomic mass is 9.71. The second kappa shape index (κ2) is 10.4. The Bertz CT molecular complexity index is 952. The Morgan fingerprint density at radius 3 is 2.33 bits per heavy atom. The number of hydrogen-bond acceptors (Lipinski definition) is 6. The fourth-order valence-corrected chi connectivity index (χ4v) is 6.04. The van der Waals surface area contributed by atoms with Crippen LogP contribution in [0.1, 0.15) is 35.6 Å². The quantitative estimate of drug-likeness (QED) is 0.634. The molecule has 2 aromatic carbocycles. The molecule has 0 aromatic heterocycles. The molecule has 0 saturated carbocycles. The number of fused-ring (bicyclic) bond motifs is 2. The summed E-state index contributed by atoms with van der Waals surface area (Å²) in [4.78, 5) is 15.0. The lowest BCUT2D eigenvalue weighted by Crippen LogP contribution is -2.50. The van der Waals surface area contributed by atoms with Gasteiger partial charge in [-0.05, 0) is 55.4 Å². The van der Waals surface area contributed by atoms with Crippen LogP contribution in [0.4, 0.5) is 0 Å². The van der Waals surface area contributed by atoms with Gasteiger partial charge in [-0.2, -0.15) is 11.8 Å². The molecular weight excluding hydrogens is 436 g/mol. The van der Waals surface area contributed by atoms with E-state index in [9.17, 15) is 4.79 Å². The topological polar surface area (TPSA) is 60.0 Å². The molecule has 1 saturated heterocycles. The van der Waals surface area contributed by atoms with E-state index in [0.29, 0.717) is 5.75 Å². The minimum absolute atomic E-state index is 0.0575. The summed E-state index contributed by atoms with van der Waals surface area (Å²) in [7, 11) is 5.18. The summed E-state index contributed by atoms with van der Waals surface area (Å²) in [6.45, 7) is 2.64. The van der Waals surface area contributed by atoms with Crippen LogP contribution in [0.3, 0.4) is 0 Å². The first kappa shape index (κ1) is 23.9. The summed E-state index contributed by atoms with van der Waals surface area (Å²) in [6.07, 6.45) is 3.80. The number of nitrogens with one attached hydrogen (secondary N) is 1. The molecule has 1 aliphatic carbocycles. The number of methoxy groups -OCH3 is 3. The minimum atomic E-state index is -0.119. The zero-order valence-corrected chi connectivity index (χ0v) is 20.7. The van der Waals surface area contributed by atoms with Gasteiger partial charge in [-0.3, -0.25) is 9.69 Å². The lowest BCUT2D eigenvalue weighted by Gasteiger charge is -2.44. The Labute approximate surface area is 201 Å². The van der Waals surface area contributed by atoms with Gasteiger partial charge >= 0.3 is 0 Å². The van der Waals surface area contributed by atoms with Crippen LogP contribution >= 0.6 is 11.8 Å². The normalized spacial score (nSPS) is 21.6. The van der Waals surface area contributed by atoms with Gasteiger partial charge < -0.3 is 19.5 Å². The standard InChI is InChI=1S/C26H34N2O4S/c1-30-21-10-7-11-22(31-2)19(21)16-28-14-12-26(13-15-28)20-9-6-5-8-18(20)24(25(26)32-3)27-23(29)17-33-4/h5-11,24-25H,12-17H2,1-4H3,(H,27,29)/t24-,25+/m1/s1. The molecule has 1 amide bonds. The van der Waals surface area contributed by atoms with Crippen LogP contribution < -0.4 is 14.8 Å². The number of nitrogens with zero attached hydrogens (tertiary/aromatic N) is 1. The number of carbonyl (C=O) groups excluding carboxylic acids is 1. The second-order valence-corrected chi connectivity index (χ2v) is 9.66. The Kier molecular flexibility index (Phi) is 7.51. The Hall–Kier alpha value is -2.22. The monoisotopic (exact) mass is 470 g/mol. The first-order valence-electron chi connectivity index (χ1n) is 11.4. The Balaban J connectivity index is 1.56. The van der Waals surface area contributed by atoms with Gasteiger partial charge in [0.1, 0.15) is 11.5 Å². The Morgan fingerprint density at radius 2 is 1.73 bits per heavy atom. The van der Waals surface area contributed by atoms with E-state index < -0.39 is 0 Å². The van der Waals surface area contributed by atoms with Crippen LogP contribution in [0.15, 0.2) is 42.5 Å². The van der Waals surface area contributed by atoms with E-state index in [1.54, 1.807) is 21.3 Å². The smallest absolute Gasteiger partial charge is 0.230 e. The summed E-state index contributed by atoms with van der Waals surface area (Å²) in [6, 6.07) is 14.3. The van der Waals surface area contributed by atoms with Crippen molar-refractivity contribution in [3.63, 3.8) is 0 Å². The number of ether oxygens (including phenoxy) is 3. The largest absolute Gasteiger partial charge is 0.496 e. The number of amides is 1. The molecule has 0 radical (unpaired) electrons. The third-order valence-corrected chi connectivity index (χ3v) is 7.74. The highest BCUT2D eigenvalue weighted by atomic mass is 32.2. The lowest BCUT2D eigenvalue weighted by molar-refractivity contribution is -0.121. The van der Waals surface area contributed by atoms with E-state index >= 15 is 0 Å². The van der Waals surface area contributed by atoms with Gasteiger partial charge in [0, 0.05) is 19.1 Å². The first-order valence-corrected chi connectivity index (χ1v) is 12.8. The number of benzene rings is 2. The highest BCUT2D eigenvalue weighted by Gasteiger charge is 2.53. The van der Waals surface area contributed by atoms with Gasteiger partial charge in [-0.1, -0.05) is 30.3 Å². The van der Waals surface area contributed by atoms with E-state index in [4.69, 9.17) is 14.2 Å². The Morgan fingerprint density at radius 1 is 1.06 bits per heavy atom. The molecule has 4 rings (SSSR count). The van der Waals surface area contributed by atoms with Crippen LogP contribution in [0, 0.1) is 0 Å². The average Bonchev–Trinajstić information content (AvgIpc) is 3.09. The molecule has 2 atom stereocenters. The van der Waals surface area contributed by atoms with Crippen molar-refractivity contribution in [1.82, 2.24) is 10.2 Å². The van der Waals surface area contributed by atoms with Crippen molar-refractivity contribution in [3.05, 3.63) is 59.2 Å². The number of thioether (sulfide) groups is 1.